The Morgan fingerprint density at radius 1 is 0.821 bits per heavy atom. The van der Waals surface area contributed by atoms with Crippen LogP contribution in [0.1, 0.15) is 45.0 Å². The maximum Gasteiger partial charge on any atom is 0.150 e. The molecule has 144 valence electrons. The summed E-state index contributed by atoms with van der Waals surface area (Å²) in [5.74, 6) is 0.374. The minimum absolute atomic E-state index is 0.374. The third kappa shape index (κ3) is 5.64. The van der Waals surface area contributed by atoms with Crippen molar-refractivity contribution in [3.8, 4) is 0 Å². The highest BCUT2D eigenvalue weighted by Gasteiger charge is 2.13. The van der Waals surface area contributed by atoms with Crippen molar-refractivity contribution in [1.29, 1.82) is 0 Å². The topological polar surface area (TPSA) is 26.3 Å². The molecule has 0 saturated heterocycles. The average Bonchev–Trinajstić information content (AvgIpc) is 2.76. The van der Waals surface area contributed by atoms with Crippen LogP contribution in [0.2, 0.25) is 0 Å². The summed E-state index contributed by atoms with van der Waals surface area (Å²) in [5, 5.41) is 0. The summed E-state index contributed by atoms with van der Waals surface area (Å²) in [6, 6.07) is 27.2. The number of methoxy groups -OCH3 is 1. The summed E-state index contributed by atoms with van der Waals surface area (Å²) in [7, 11) is 1.76. The predicted molar refractivity (Wildman–Crippen MR) is 115 cm³/mol. The zero-order valence-corrected chi connectivity index (χ0v) is 16.5. The summed E-state index contributed by atoms with van der Waals surface area (Å²) in [4.78, 5) is 11.3. The molecule has 0 radical (unpaired) electrons. The van der Waals surface area contributed by atoms with Gasteiger partial charge in [0.15, 0.2) is 0 Å². The first-order valence-electron chi connectivity index (χ1n) is 9.95. The lowest BCUT2D eigenvalue weighted by molar-refractivity contribution is 0.112. The first-order chi connectivity index (χ1) is 13.8. The Bertz CT molecular complexity index is 856. The van der Waals surface area contributed by atoms with Crippen LogP contribution in [-0.4, -0.2) is 20.0 Å². The summed E-state index contributed by atoms with van der Waals surface area (Å²) in [5.41, 5.74) is 6.01. The van der Waals surface area contributed by atoms with Crippen molar-refractivity contribution >= 4 is 6.29 Å². The number of aldehydes is 1. The second-order valence-electron chi connectivity index (χ2n) is 7.23. The maximum atomic E-state index is 11.3. The van der Waals surface area contributed by atoms with Gasteiger partial charge in [-0.2, -0.15) is 0 Å². The third-order valence-electron chi connectivity index (χ3n) is 5.29. The Morgan fingerprint density at radius 3 is 2.21 bits per heavy atom. The fraction of sp³-hybridized carbons (Fsp3) is 0.269. The third-order valence-corrected chi connectivity index (χ3v) is 5.29. The highest BCUT2D eigenvalue weighted by molar-refractivity contribution is 5.75. The molecule has 3 aromatic carbocycles. The van der Waals surface area contributed by atoms with Crippen LogP contribution in [0.3, 0.4) is 0 Å². The molecule has 2 heteroatoms. The van der Waals surface area contributed by atoms with Gasteiger partial charge in [-0.05, 0) is 54.0 Å². The minimum Gasteiger partial charge on any atom is -0.384 e. The molecule has 28 heavy (non-hydrogen) atoms. The number of ether oxygens (including phenoxy) is 1. The van der Waals surface area contributed by atoms with E-state index in [0.717, 1.165) is 44.1 Å². The van der Waals surface area contributed by atoms with Crippen LogP contribution in [0, 0.1) is 0 Å². The first kappa shape index (κ1) is 20.0. The van der Waals surface area contributed by atoms with Gasteiger partial charge >= 0.3 is 0 Å². The molecule has 0 heterocycles. The molecule has 3 rings (SSSR count). The Morgan fingerprint density at radius 2 is 1.54 bits per heavy atom. The molecule has 0 fully saturated rings. The molecule has 0 spiro atoms. The van der Waals surface area contributed by atoms with Gasteiger partial charge in [0.05, 0.1) is 6.61 Å². The van der Waals surface area contributed by atoms with Gasteiger partial charge < -0.3 is 4.74 Å². The molecular formula is C26H28O2. The second kappa shape index (κ2) is 10.6. The summed E-state index contributed by atoms with van der Waals surface area (Å²) in [6.45, 7) is 0.718. The van der Waals surface area contributed by atoms with E-state index in [1.54, 1.807) is 7.11 Å². The fourth-order valence-corrected chi connectivity index (χ4v) is 3.72. The number of rotatable bonds is 10. The van der Waals surface area contributed by atoms with Crippen molar-refractivity contribution < 1.29 is 9.53 Å². The highest BCUT2D eigenvalue weighted by Crippen LogP contribution is 2.24. The smallest absolute Gasteiger partial charge is 0.150 e. The van der Waals surface area contributed by atoms with Gasteiger partial charge in [-0.15, -0.1) is 0 Å². The van der Waals surface area contributed by atoms with Crippen molar-refractivity contribution in [2.45, 2.75) is 31.6 Å². The molecule has 0 aliphatic rings. The van der Waals surface area contributed by atoms with Crippen LogP contribution in [0.5, 0.6) is 0 Å². The monoisotopic (exact) mass is 372 g/mol. The molecular weight excluding hydrogens is 344 g/mol. The van der Waals surface area contributed by atoms with Crippen molar-refractivity contribution in [1.82, 2.24) is 0 Å². The largest absolute Gasteiger partial charge is 0.384 e. The van der Waals surface area contributed by atoms with E-state index >= 15 is 0 Å². The zero-order valence-electron chi connectivity index (χ0n) is 16.5. The van der Waals surface area contributed by atoms with Gasteiger partial charge in [-0.25, -0.2) is 0 Å². The average molecular weight is 373 g/mol. The molecule has 0 aliphatic carbocycles. The van der Waals surface area contributed by atoms with Crippen LogP contribution < -0.4 is 0 Å². The zero-order chi connectivity index (χ0) is 19.6. The quantitative estimate of drug-likeness (QED) is 0.430. The SMILES string of the molecule is COC[C@H](CCc1ccc(C=O)cc1CCc1ccccc1)c1ccccc1. The number of hydrogen-bond donors (Lipinski definition) is 0. The number of carbonyl (C=O) groups excluding carboxylic acids is 1. The molecule has 0 bridgehead atoms. The molecule has 1 atom stereocenters. The summed E-state index contributed by atoms with van der Waals surface area (Å²) >= 11 is 0. The van der Waals surface area contributed by atoms with E-state index in [-0.39, 0.29) is 0 Å². The predicted octanol–water partition coefficient (Wildman–Crippen LogP) is 5.65. The van der Waals surface area contributed by atoms with Crippen molar-refractivity contribution in [3.05, 3.63) is 107 Å². The Labute approximate surface area is 168 Å². The summed E-state index contributed by atoms with van der Waals surface area (Å²) < 4.78 is 5.47. The van der Waals surface area contributed by atoms with Crippen molar-refractivity contribution in [2.75, 3.05) is 13.7 Å². The highest BCUT2D eigenvalue weighted by atomic mass is 16.5. The Kier molecular flexibility index (Phi) is 7.57. The van der Waals surface area contributed by atoms with Gasteiger partial charge in [0.25, 0.3) is 0 Å². The van der Waals surface area contributed by atoms with Crippen LogP contribution in [0.4, 0.5) is 0 Å². The van der Waals surface area contributed by atoms with Crippen LogP contribution in [0.25, 0.3) is 0 Å². The first-order valence-corrected chi connectivity index (χ1v) is 9.95. The van der Waals surface area contributed by atoms with Crippen LogP contribution in [0.15, 0.2) is 78.9 Å². The number of benzene rings is 3. The lowest BCUT2D eigenvalue weighted by Crippen LogP contribution is -2.09. The molecule has 3 aromatic rings. The number of carbonyl (C=O) groups is 1. The van der Waals surface area contributed by atoms with Gasteiger partial charge in [-0.1, -0.05) is 72.8 Å². The molecule has 0 unspecified atom stereocenters. The second-order valence-corrected chi connectivity index (χ2v) is 7.23. The molecule has 0 saturated carbocycles. The van der Waals surface area contributed by atoms with E-state index < -0.39 is 0 Å². The normalized spacial score (nSPS) is 11.9. The standard InChI is InChI=1S/C26H28O2/c1-28-20-26(23-10-6-3-7-11-23)17-16-24-14-13-22(19-27)18-25(24)15-12-21-8-4-2-5-9-21/h2-11,13-14,18-19,26H,12,15-17,20H2,1H3/t26-/m0/s1. The van der Waals surface area contributed by atoms with Crippen LogP contribution >= 0.6 is 0 Å². The van der Waals surface area contributed by atoms with E-state index in [0.29, 0.717) is 5.92 Å². The lowest BCUT2D eigenvalue weighted by Gasteiger charge is -2.18. The lowest BCUT2D eigenvalue weighted by atomic mass is 9.90. The fourth-order valence-electron chi connectivity index (χ4n) is 3.72. The van der Waals surface area contributed by atoms with Gasteiger partial charge in [-0.3, -0.25) is 4.79 Å². The Hall–Kier alpha value is -2.71. The van der Waals surface area contributed by atoms with E-state index in [1.165, 1.54) is 22.3 Å². The minimum atomic E-state index is 0.374. The molecule has 0 N–H and O–H groups in total. The van der Waals surface area contributed by atoms with Gasteiger partial charge in [0, 0.05) is 18.6 Å². The van der Waals surface area contributed by atoms with Gasteiger partial charge in [0.1, 0.15) is 6.29 Å². The number of aryl methyl sites for hydroxylation is 3. The maximum absolute atomic E-state index is 11.3. The molecule has 0 aliphatic heterocycles. The van der Waals surface area contributed by atoms with E-state index in [9.17, 15) is 4.79 Å². The molecule has 2 nitrogen and oxygen atoms in total. The van der Waals surface area contributed by atoms with E-state index in [1.807, 2.05) is 18.2 Å². The van der Waals surface area contributed by atoms with E-state index in [4.69, 9.17) is 4.74 Å². The Balaban J connectivity index is 1.73. The van der Waals surface area contributed by atoms with Gasteiger partial charge in [0.2, 0.25) is 0 Å². The summed E-state index contributed by atoms with van der Waals surface area (Å²) in [6.07, 6.45) is 4.87. The van der Waals surface area contributed by atoms with Crippen molar-refractivity contribution in [2.24, 2.45) is 0 Å². The number of hydrogen-bond acceptors (Lipinski definition) is 2. The van der Waals surface area contributed by atoms with Crippen molar-refractivity contribution in [3.63, 3.8) is 0 Å². The molecule has 0 aromatic heterocycles. The van der Waals surface area contributed by atoms with E-state index in [2.05, 4.69) is 60.7 Å². The molecule has 0 amide bonds. The van der Waals surface area contributed by atoms with Crippen LogP contribution in [-0.2, 0) is 24.0 Å².